The molecule has 0 aliphatic carbocycles. The normalized spacial score (nSPS) is 22.1. The largest absolute Gasteiger partial charge is 0.405 e. The maximum Gasteiger partial charge on any atom is 0.405 e. The van der Waals surface area contributed by atoms with Gasteiger partial charge >= 0.3 is 6.18 Å². The fourth-order valence-electron chi connectivity index (χ4n) is 1.17. The molecule has 1 fully saturated rings. The molecule has 0 aromatic heterocycles. The number of β-amino-alcohol motifs (C(OH)–C–C–N with tert-alkyl or cyclic N) is 1. The van der Waals surface area contributed by atoms with E-state index in [-0.39, 0.29) is 19.6 Å². The lowest BCUT2D eigenvalue weighted by Crippen LogP contribution is -2.53. The quantitative estimate of drug-likeness (QED) is 0.690. The number of nitriles is 1. The highest BCUT2D eigenvalue weighted by Gasteiger charge is 2.42. The molecule has 1 N–H and O–H groups in total. The summed E-state index contributed by atoms with van der Waals surface area (Å²) in [6, 6.07) is 1.21. The van der Waals surface area contributed by atoms with E-state index in [0.29, 0.717) is 0 Å². The molecule has 1 unspecified atom stereocenters. The van der Waals surface area contributed by atoms with E-state index in [0.717, 1.165) is 0 Å². The van der Waals surface area contributed by atoms with Crippen LogP contribution in [0.5, 0.6) is 0 Å². The van der Waals surface area contributed by atoms with Crippen molar-refractivity contribution >= 4 is 0 Å². The van der Waals surface area contributed by atoms with Crippen LogP contribution < -0.4 is 0 Å². The first kappa shape index (κ1) is 10.3. The van der Waals surface area contributed by atoms with Crippen molar-refractivity contribution < 1.29 is 18.3 Å². The Morgan fingerprint density at radius 3 is 2.38 bits per heavy atom. The van der Waals surface area contributed by atoms with Crippen LogP contribution in [0.4, 0.5) is 13.2 Å². The highest BCUT2D eigenvalue weighted by Crippen LogP contribution is 2.27. The second-order valence-electron chi connectivity index (χ2n) is 3.10. The van der Waals surface area contributed by atoms with E-state index in [1.165, 1.54) is 11.0 Å². The van der Waals surface area contributed by atoms with Crippen molar-refractivity contribution in [1.29, 1.82) is 5.26 Å². The molecule has 0 aromatic carbocycles. The number of aliphatic hydroxyl groups is 1. The molecule has 0 bridgehead atoms. The number of hydrogen-bond acceptors (Lipinski definition) is 3. The summed E-state index contributed by atoms with van der Waals surface area (Å²) < 4.78 is 36.1. The van der Waals surface area contributed by atoms with Crippen LogP contribution >= 0.6 is 0 Å². The maximum atomic E-state index is 12.0. The minimum absolute atomic E-state index is 0.230. The third-order valence-electron chi connectivity index (χ3n) is 1.93. The Hall–Kier alpha value is -0.800. The molecule has 1 rings (SSSR count). The zero-order valence-electron chi connectivity index (χ0n) is 6.75. The van der Waals surface area contributed by atoms with E-state index < -0.39 is 18.2 Å². The van der Waals surface area contributed by atoms with Gasteiger partial charge in [-0.25, -0.2) is 0 Å². The third-order valence-corrected chi connectivity index (χ3v) is 1.93. The topological polar surface area (TPSA) is 47.3 Å². The molecule has 3 nitrogen and oxygen atoms in total. The van der Waals surface area contributed by atoms with Crippen molar-refractivity contribution in [3.63, 3.8) is 0 Å². The Balaban J connectivity index is 2.38. The van der Waals surface area contributed by atoms with Gasteiger partial charge in [-0.15, -0.1) is 0 Å². The number of likely N-dealkylation sites (tertiary alicyclic amines) is 1. The van der Waals surface area contributed by atoms with Gasteiger partial charge in [0.15, 0.2) is 5.92 Å². The molecule has 0 amide bonds. The van der Waals surface area contributed by atoms with Crippen molar-refractivity contribution in [3.05, 3.63) is 0 Å². The summed E-state index contributed by atoms with van der Waals surface area (Å²) in [5, 5.41) is 17.0. The summed E-state index contributed by atoms with van der Waals surface area (Å²) in [5.74, 6) is -1.94. The first-order valence-corrected chi connectivity index (χ1v) is 3.80. The van der Waals surface area contributed by atoms with Crippen molar-refractivity contribution in [2.45, 2.75) is 12.3 Å². The van der Waals surface area contributed by atoms with Gasteiger partial charge < -0.3 is 5.11 Å². The molecule has 0 aromatic rings. The van der Waals surface area contributed by atoms with Gasteiger partial charge in [0.25, 0.3) is 0 Å². The number of aliphatic hydroxyl groups excluding tert-OH is 1. The SMILES string of the molecule is N#CC(CN1CC(O)C1)C(F)(F)F. The van der Waals surface area contributed by atoms with E-state index in [2.05, 4.69) is 0 Å². The van der Waals surface area contributed by atoms with Crippen LogP contribution in [0, 0.1) is 17.2 Å². The fraction of sp³-hybridized carbons (Fsp3) is 0.857. The number of hydrogen-bond donors (Lipinski definition) is 1. The van der Waals surface area contributed by atoms with Crippen molar-refractivity contribution in [3.8, 4) is 6.07 Å². The van der Waals surface area contributed by atoms with Gasteiger partial charge in [0.05, 0.1) is 12.2 Å². The second-order valence-corrected chi connectivity index (χ2v) is 3.10. The Morgan fingerprint density at radius 2 is 2.08 bits per heavy atom. The van der Waals surface area contributed by atoms with E-state index in [1.54, 1.807) is 0 Å². The lowest BCUT2D eigenvalue weighted by molar-refractivity contribution is -0.168. The van der Waals surface area contributed by atoms with E-state index in [4.69, 9.17) is 10.4 Å². The Labute approximate surface area is 73.4 Å². The zero-order chi connectivity index (χ0) is 10.1. The molecule has 0 radical (unpaired) electrons. The van der Waals surface area contributed by atoms with Gasteiger partial charge in [-0.3, -0.25) is 4.90 Å². The van der Waals surface area contributed by atoms with E-state index in [9.17, 15) is 13.2 Å². The molecule has 0 spiro atoms. The van der Waals surface area contributed by atoms with Crippen LogP contribution in [0.3, 0.4) is 0 Å². The minimum atomic E-state index is -4.46. The number of halogens is 3. The Bertz CT molecular complexity index is 217. The first-order valence-electron chi connectivity index (χ1n) is 3.80. The number of nitrogens with zero attached hydrogens (tertiary/aromatic N) is 2. The van der Waals surface area contributed by atoms with Gasteiger partial charge in [-0.1, -0.05) is 0 Å². The van der Waals surface area contributed by atoms with Crippen molar-refractivity contribution in [2.75, 3.05) is 19.6 Å². The van der Waals surface area contributed by atoms with Gasteiger partial charge in [0, 0.05) is 19.6 Å². The summed E-state index contributed by atoms with van der Waals surface area (Å²) in [4.78, 5) is 1.41. The zero-order valence-corrected chi connectivity index (χ0v) is 6.75. The van der Waals surface area contributed by atoms with Gasteiger partial charge in [0.1, 0.15) is 0 Å². The average molecular weight is 194 g/mol. The van der Waals surface area contributed by atoms with Crippen LogP contribution in [0.1, 0.15) is 0 Å². The fourth-order valence-corrected chi connectivity index (χ4v) is 1.17. The predicted molar refractivity (Wildman–Crippen MR) is 37.6 cm³/mol. The summed E-state index contributed by atoms with van der Waals surface area (Å²) >= 11 is 0. The lowest BCUT2D eigenvalue weighted by Gasteiger charge is -2.37. The molecule has 1 aliphatic rings. The molecule has 1 saturated heterocycles. The molecule has 1 heterocycles. The summed E-state index contributed by atoms with van der Waals surface area (Å²) in [6.45, 7) is 0.125. The molecule has 13 heavy (non-hydrogen) atoms. The van der Waals surface area contributed by atoms with Crippen LogP contribution in [-0.2, 0) is 0 Å². The summed E-state index contributed by atoms with van der Waals surface area (Å²) in [6.07, 6.45) is -5.00. The molecule has 6 heteroatoms. The van der Waals surface area contributed by atoms with Crippen LogP contribution in [0.15, 0.2) is 0 Å². The highest BCUT2D eigenvalue weighted by molar-refractivity contribution is 4.93. The van der Waals surface area contributed by atoms with E-state index >= 15 is 0 Å². The van der Waals surface area contributed by atoms with Crippen molar-refractivity contribution in [2.24, 2.45) is 5.92 Å². The standard InChI is InChI=1S/C7H9F3N2O/c8-7(9,10)5(1-11)2-12-3-6(13)4-12/h5-6,13H,2-4H2. The smallest absolute Gasteiger partial charge is 0.390 e. The molecule has 74 valence electrons. The van der Waals surface area contributed by atoms with Gasteiger partial charge in [-0.05, 0) is 0 Å². The molecule has 1 atom stereocenters. The highest BCUT2D eigenvalue weighted by atomic mass is 19.4. The van der Waals surface area contributed by atoms with Crippen LogP contribution in [0.2, 0.25) is 0 Å². The van der Waals surface area contributed by atoms with Crippen molar-refractivity contribution in [1.82, 2.24) is 4.90 Å². The summed E-state index contributed by atoms with van der Waals surface area (Å²) in [5.41, 5.74) is 0. The predicted octanol–water partition coefficient (Wildman–Crippen LogP) is 0.365. The number of alkyl halides is 3. The van der Waals surface area contributed by atoms with Gasteiger partial charge in [0.2, 0.25) is 0 Å². The van der Waals surface area contributed by atoms with Gasteiger partial charge in [-0.2, -0.15) is 18.4 Å². The second kappa shape index (κ2) is 3.52. The average Bonchev–Trinajstić information content (AvgIpc) is 1.93. The monoisotopic (exact) mass is 194 g/mol. The van der Waals surface area contributed by atoms with Crippen LogP contribution in [-0.4, -0.2) is 41.9 Å². The lowest BCUT2D eigenvalue weighted by atomic mass is 10.1. The number of rotatable bonds is 2. The Kier molecular flexibility index (Phi) is 2.78. The third kappa shape index (κ3) is 2.57. The minimum Gasteiger partial charge on any atom is -0.390 e. The maximum absolute atomic E-state index is 12.0. The molecule has 1 aliphatic heterocycles. The molecule has 0 saturated carbocycles. The molecular formula is C7H9F3N2O. The van der Waals surface area contributed by atoms with E-state index in [1.807, 2.05) is 0 Å². The molecular weight excluding hydrogens is 185 g/mol. The van der Waals surface area contributed by atoms with Crippen LogP contribution in [0.25, 0.3) is 0 Å². The Morgan fingerprint density at radius 1 is 1.54 bits per heavy atom. The first-order chi connectivity index (χ1) is 5.93. The summed E-state index contributed by atoms with van der Waals surface area (Å²) in [7, 11) is 0.